The number of hydrogen-bond donors (Lipinski definition) is 1. The highest BCUT2D eigenvalue weighted by Crippen LogP contribution is 2.37. The average Bonchev–Trinajstić information content (AvgIpc) is 2.90. The lowest BCUT2D eigenvalue weighted by molar-refractivity contribution is 0.0563. The SMILES string of the molecule is C[C@H](CO)N1C[C@H](C)[C@H](CN(C)C(=O)c2ccc(F)cc2)Oc2cc(C3=CCCCC3)ccc2S1(=O)=O. The lowest BCUT2D eigenvalue weighted by atomic mass is 9.93. The summed E-state index contributed by atoms with van der Waals surface area (Å²) in [5.74, 6) is -0.750. The van der Waals surface area contributed by atoms with Crippen LogP contribution in [0.25, 0.3) is 5.57 Å². The molecule has 1 N–H and O–H groups in total. The summed E-state index contributed by atoms with van der Waals surface area (Å²) in [6.45, 7) is 3.56. The van der Waals surface area contributed by atoms with Crippen molar-refractivity contribution in [1.29, 1.82) is 0 Å². The smallest absolute Gasteiger partial charge is 0.253 e. The van der Waals surface area contributed by atoms with Gasteiger partial charge in [0.1, 0.15) is 22.6 Å². The maximum atomic E-state index is 13.7. The van der Waals surface area contributed by atoms with Crippen LogP contribution in [0.4, 0.5) is 4.39 Å². The van der Waals surface area contributed by atoms with Crippen LogP contribution in [0.3, 0.4) is 0 Å². The highest BCUT2D eigenvalue weighted by Gasteiger charge is 2.38. The lowest BCUT2D eigenvalue weighted by Gasteiger charge is -2.37. The number of likely N-dealkylation sites (N-methyl/N-ethyl adjacent to an activating group) is 1. The van der Waals surface area contributed by atoms with Crippen molar-refractivity contribution in [3.63, 3.8) is 0 Å². The monoisotopic (exact) mass is 530 g/mol. The van der Waals surface area contributed by atoms with Crippen LogP contribution < -0.4 is 4.74 Å². The van der Waals surface area contributed by atoms with Crippen molar-refractivity contribution in [3.05, 3.63) is 65.5 Å². The van der Waals surface area contributed by atoms with Gasteiger partial charge in [-0.25, -0.2) is 12.8 Å². The number of halogens is 1. The molecule has 0 fully saturated rings. The molecular weight excluding hydrogens is 495 g/mol. The molecule has 37 heavy (non-hydrogen) atoms. The first-order chi connectivity index (χ1) is 17.6. The van der Waals surface area contributed by atoms with Crippen LogP contribution in [0.1, 0.15) is 55.5 Å². The third kappa shape index (κ3) is 5.89. The Bertz CT molecular complexity index is 1260. The van der Waals surface area contributed by atoms with Crippen LogP contribution in [-0.4, -0.2) is 67.5 Å². The number of fused-ring (bicyclic) bond motifs is 1. The molecule has 0 aromatic heterocycles. The van der Waals surface area contributed by atoms with E-state index in [1.54, 1.807) is 26.1 Å². The van der Waals surface area contributed by atoms with E-state index in [4.69, 9.17) is 4.74 Å². The molecule has 9 heteroatoms. The van der Waals surface area contributed by atoms with Gasteiger partial charge in [0.2, 0.25) is 10.0 Å². The quantitative estimate of drug-likeness (QED) is 0.601. The van der Waals surface area contributed by atoms with E-state index in [-0.39, 0.29) is 42.2 Å². The molecule has 2 aliphatic rings. The minimum atomic E-state index is -3.94. The highest BCUT2D eigenvalue weighted by atomic mass is 32.2. The summed E-state index contributed by atoms with van der Waals surface area (Å²) < 4.78 is 48.4. The van der Waals surface area contributed by atoms with Gasteiger partial charge in [-0.2, -0.15) is 4.31 Å². The molecule has 1 aliphatic carbocycles. The topological polar surface area (TPSA) is 87.2 Å². The van der Waals surface area contributed by atoms with Gasteiger partial charge in [0, 0.05) is 31.1 Å². The minimum absolute atomic E-state index is 0.0531. The summed E-state index contributed by atoms with van der Waals surface area (Å²) in [6.07, 6.45) is 5.81. The number of aliphatic hydroxyl groups is 1. The molecular formula is C28H35FN2O5S. The summed E-state index contributed by atoms with van der Waals surface area (Å²) in [6, 6.07) is 9.94. The van der Waals surface area contributed by atoms with E-state index >= 15 is 0 Å². The van der Waals surface area contributed by atoms with Gasteiger partial charge in [-0.1, -0.05) is 19.1 Å². The maximum absolute atomic E-state index is 13.7. The number of hydrogen-bond acceptors (Lipinski definition) is 5. The molecule has 0 saturated heterocycles. The number of sulfonamides is 1. The molecule has 1 aliphatic heterocycles. The third-order valence-electron chi connectivity index (χ3n) is 7.22. The first kappa shape index (κ1) is 27.3. The second kappa shape index (κ2) is 11.3. The normalized spacial score (nSPS) is 22.6. The van der Waals surface area contributed by atoms with Gasteiger partial charge in [0.15, 0.2) is 0 Å². The lowest BCUT2D eigenvalue weighted by Crippen LogP contribution is -2.50. The Morgan fingerprint density at radius 1 is 1.22 bits per heavy atom. The number of carbonyl (C=O) groups excluding carboxylic acids is 1. The van der Waals surface area contributed by atoms with Crippen molar-refractivity contribution in [1.82, 2.24) is 9.21 Å². The number of amides is 1. The van der Waals surface area contributed by atoms with Crippen molar-refractivity contribution in [2.24, 2.45) is 5.92 Å². The summed E-state index contributed by atoms with van der Waals surface area (Å²) in [5.41, 5.74) is 2.46. The van der Waals surface area contributed by atoms with Crippen molar-refractivity contribution in [2.45, 2.75) is 56.6 Å². The molecule has 2 aromatic carbocycles. The molecule has 0 bridgehead atoms. The van der Waals surface area contributed by atoms with Gasteiger partial charge in [-0.15, -0.1) is 0 Å². The fourth-order valence-corrected chi connectivity index (χ4v) is 6.74. The van der Waals surface area contributed by atoms with E-state index in [0.29, 0.717) is 5.56 Å². The molecule has 0 saturated carbocycles. The summed E-state index contributed by atoms with van der Waals surface area (Å²) in [4.78, 5) is 14.6. The molecule has 1 heterocycles. The van der Waals surface area contributed by atoms with Crippen LogP contribution in [-0.2, 0) is 10.0 Å². The number of allylic oxidation sites excluding steroid dienone is 2. The molecule has 2 aromatic rings. The third-order valence-corrected chi connectivity index (χ3v) is 9.24. The molecule has 0 spiro atoms. The van der Waals surface area contributed by atoms with Crippen LogP contribution in [0.5, 0.6) is 5.75 Å². The van der Waals surface area contributed by atoms with Crippen LogP contribution >= 0.6 is 0 Å². The molecule has 0 radical (unpaired) electrons. The second-order valence-electron chi connectivity index (χ2n) is 10.1. The average molecular weight is 531 g/mol. The molecule has 4 rings (SSSR count). The number of nitrogens with zero attached hydrogens (tertiary/aromatic N) is 2. The Kier molecular flexibility index (Phi) is 8.36. The van der Waals surface area contributed by atoms with Crippen LogP contribution in [0.15, 0.2) is 53.4 Å². The standard InChI is InChI=1S/C28H35FN2O5S/c1-19-16-31(20(2)18-32)37(34,35)27-14-11-23(21-7-5-4-6-8-21)15-25(27)36-26(19)17-30(3)28(33)22-9-12-24(29)13-10-22/h7,9-15,19-20,26,32H,4-6,8,16-18H2,1-3H3/t19-,20+,26-/m0/s1. The van der Waals surface area contributed by atoms with Crippen molar-refractivity contribution < 1.29 is 27.4 Å². The molecule has 200 valence electrons. The number of benzene rings is 2. The van der Waals surface area contributed by atoms with Crippen molar-refractivity contribution >= 4 is 21.5 Å². The van der Waals surface area contributed by atoms with E-state index in [9.17, 15) is 22.7 Å². The fraction of sp³-hybridized carbons (Fsp3) is 0.464. The Morgan fingerprint density at radius 2 is 1.95 bits per heavy atom. The molecule has 0 unspecified atom stereocenters. The largest absolute Gasteiger partial charge is 0.487 e. The van der Waals surface area contributed by atoms with Gasteiger partial charge in [0.05, 0.1) is 13.2 Å². The van der Waals surface area contributed by atoms with Gasteiger partial charge >= 0.3 is 0 Å². The van der Waals surface area contributed by atoms with E-state index in [2.05, 4.69) is 6.08 Å². The number of ether oxygens (including phenoxy) is 1. The number of carbonyl (C=O) groups is 1. The van der Waals surface area contributed by atoms with E-state index in [1.165, 1.54) is 39.0 Å². The summed E-state index contributed by atoms with van der Waals surface area (Å²) in [5, 5.41) is 9.84. The Labute approximate surface area is 218 Å². The first-order valence-corrected chi connectivity index (χ1v) is 14.2. The first-order valence-electron chi connectivity index (χ1n) is 12.8. The van der Waals surface area contributed by atoms with Gasteiger partial charge in [0.25, 0.3) is 5.91 Å². The number of aliphatic hydroxyl groups excluding tert-OH is 1. The number of rotatable bonds is 6. The molecule has 3 atom stereocenters. The van der Waals surface area contributed by atoms with Crippen molar-refractivity contribution in [2.75, 3.05) is 26.7 Å². The summed E-state index contributed by atoms with van der Waals surface area (Å²) in [7, 11) is -2.29. The minimum Gasteiger partial charge on any atom is -0.487 e. The highest BCUT2D eigenvalue weighted by molar-refractivity contribution is 7.89. The molecule has 7 nitrogen and oxygen atoms in total. The maximum Gasteiger partial charge on any atom is 0.253 e. The van der Waals surface area contributed by atoms with Crippen LogP contribution in [0, 0.1) is 11.7 Å². The Balaban J connectivity index is 1.71. The van der Waals surface area contributed by atoms with E-state index in [1.807, 2.05) is 13.0 Å². The predicted octanol–water partition coefficient (Wildman–Crippen LogP) is 4.32. The predicted molar refractivity (Wildman–Crippen MR) is 140 cm³/mol. The van der Waals surface area contributed by atoms with Crippen molar-refractivity contribution in [3.8, 4) is 5.75 Å². The van der Waals surface area contributed by atoms with E-state index in [0.717, 1.165) is 31.2 Å². The second-order valence-corrected chi connectivity index (χ2v) is 11.9. The van der Waals surface area contributed by atoms with Crippen LogP contribution in [0.2, 0.25) is 0 Å². The zero-order valence-corrected chi connectivity index (χ0v) is 22.4. The summed E-state index contributed by atoms with van der Waals surface area (Å²) >= 11 is 0. The van der Waals surface area contributed by atoms with Gasteiger partial charge in [-0.3, -0.25) is 4.79 Å². The van der Waals surface area contributed by atoms with E-state index < -0.39 is 28.0 Å². The molecule has 1 amide bonds. The Morgan fingerprint density at radius 3 is 2.59 bits per heavy atom. The zero-order chi connectivity index (χ0) is 26.7. The fourth-order valence-electron chi connectivity index (χ4n) is 4.91. The van der Waals surface area contributed by atoms with Gasteiger partial charge in [-0.05, 0) is 80.1 Å². The Hall–Kier alpha value is -2.75. The van der Waals surface area contributed by atoms with Gasteiger partial charge < -0.3 is 14.7 Å². The zero-order valence-electron chi connectivity index (χ0n) is 21.6.